The van der Waals surface area contributed by atoms with Gasteiger partial charge in [0.1, 0.15) is 48.4 Å². The number of nitrogens with zero attached hydrogens (tertiary/aromatic N) is 6. The molecule has 0 spiro atoms. The van der Waals surface area contributed by atoms with Crippen LogP contribution in [0.2, 0.25) is 0 Å². The summed E-state index contributed by atoms with van der Waals surface area (Å²) < 4.78 is 42.7. The van der Waals surface area contributed by atoms with Crippen molar-refractivity contribution in [2.45, 2.75) is 152 Å². The van der Waals surface area contributed by atoms with E-state index in [0.29, 0.717) is 23.3 Å². The number of aromatic nitrogens is 4. The smallest absolute Gasteiger partial charge is 0.385 e. The number of aliphatic hydroxyl groups is 2. The van der Waals surface area contributed by atoms with Gasteiger partial charge in [0.05, 0.1) is 31.1 Å². The molecule has 7 atom stereocenters. The highest BCUT2D eigenvalue weighted by Gasteiger charge is 2.83. The number of nitrogens with two attached hydrogens (primary N) is 1. The van der Waals surface area contributed by atoms with Gasteiger partial charge < -0.3 is 35.1 Å². The molecule has 4 heterocycles. The Bertz CT molecular complexity index is 1850. The van der Waals surface area contributed by atoms with E-state index in [9.17, 15) is 30.2 Å². The molecule has 2 fully saturated rings. The molecule has 5 rings (SSSR count). The minimum atomic E-state index is -4.87. The first-order chi connectivity index (χ1) is 27.6. The summed E-state index contributed by atoms with van der Waals surface area (Å²) in [5, 5.41) is 46.0. The van der Waals surface area contributed by atoms with Gasteiger partial charge >= 0.3 is 7.82 Å². The summed E-state index contributed by atoms with van der Waals surface area (Å²) in [5.74, 6) is 0.125. The fourth-order valence-electron chi connectivity index (χ4n) is 7.41. The van der Waals surface area contributed by atoms with Crippen molar-refractivity contribution in [1.82, 2.24) is 19.6 Å². The van der Waals surface area contributed by atoms with Gasteiger partial charge in [0.25, 0.3) is 0 Å². The second-order valence-corrected chi connectivity index (χ2v) is 16.5. The fourth-order valence-corrected chi connectivity index (χ4v) is 8.39. The van der Waals surface area contributed by atoms with Crippen LogP contribution in [0.3, 0.4) is 0 Å². The molecule has 1 saturated heterocycles. The lowest BCUT2D eigenvalue weighted by molar-refractivity contribution is -0.107. The Morgan fingerprint density at radius 2 is 1.63 bits per heavy atom. The molecule has 0 bridgehead atoms. The predicted molar refractivity (Wildman–Crippen MR) is 209 cm³/mol. The monoisotopic (exact) mass is 811 g/mol. The third-order valence-corrected chi connectivity index (χ3v) is 11.7. The second-order valence-electron chi connectivity index (χ2n) is 15.1. The topological polar surface area (TPSA) is 241 Å². The van der Waals surface area contributed by atoms with Crippen LogP contribution in [-0.4, -0.2) is 84.5 Å². The number of nitrogen functional groups attached to an aromatic ring is 1. The third kappa shape index (κ3) is 11.6. The molecule has 2 aliphatic rings. The Balaban J connectivity index is 1.03. The number of rotatable bonds is 28. The van der Waals surface area contributed by atoms with Gasteiger partial charge in [-0.1, -0.05) is 103 Å². The fraction of sp³-hybridized carbons (Fsp3) is 0.675. The number of aliphatic hydroxyl groups excluding tert-OH is 1. The van der Waals surface area contributed by atoms with Gasteiger partial charge in [0.15, 0.2) is 11.4 Å². The summed E-state index contributed by atoms with van der Waals surface area (Å²) in [5.41, 5.74) is 3.03. The van der Waals surface area contributed by atoms with Crippen LogP contribution in [0.4, 0.5) is 5.82 Å². The molecule has 1 saturated carbocycles. The molecule has 2 unspecified atom stereocenters. The Labute approximate surface area is 334 Å². The van der Waals surface area contributed by atoms with Crippen molar-refractivity contribution in [2.24, 2.45) is 0 Å². The van der Waals surface area contributed by atoms with Crippen LogP contribution in [0.25, 0.3) is 5.52 Å². The maximum atomic E-state index is 13.1. The molecule has 0 amide bonds. The molecular formula is C40H58N7O9P. The van der Waals surface area contributed by atoms with Crippen molar-refractivity contribution in [1.29, 1.82) is 10.5 Å². The summed E-state index contributed by atoms with van der Waals surface area (Å²) in [4.78, 5) is 18.6. The van der Waals surface area contributed by atoms with Gasteiger partial charge in [-0.15, -0.1) is 0 Å². The van der Waals surface area contributed by atoms with Crippen LogP contribution >= 0.6 is 7.82 Å². The standard InChI is InChI=1S/C40H58N7O9P/c1-2-3-4-5-6-7-8-9-10-11-12-13-14-15-16-17-20-52-26-32(53-25-31-21-30(22-41)23-44-24-31)27-54-57(50,51)56-36-35-40(36,49)38(48)39(28-42,55-35)34-19-18-33-37(43)45-29-46-47(33)34/h18-19,21,23-24,29,32,35-36,38,48-49H,2-17,20,25-27H2,1H3,(H,50,51)(H2,43,45,46)/t32-,35-,36?,38+,39+,40+/m1/s1. The molecule has 5 N–H and O–H groups in total. The molecule has 0 radical (unpaired) electrons. The lowest BCUT2D eigenvalue weighted by Crippen LogP contribution is -2.47. The number of nitriles is 2. The molecule has 1 aliphatic carbocycles. The van der Waals surface area contributed by atoms with Crippen LogP contribution in [0, 0.1) is 22.7 Å². The zero-order chi connectivity index (χ0) is 40.7. The van der Waals surface area contributed by atoms with E-state index < -0.39 is 50.0 Å². The predicted octanol–water partition coefficient (Wildman–Crippen LogP) is 6.17. The zero-order valence-corrected chi connectivity index (χ0v) is 33.8. The van der Waals surface area contributed by atoms with E-state index in [4.69, 9.17) is 29.0 Å². The second kappa shape index (κ2) is 21.5. The summed E-state index contributed by atoms with van der Waals surface area (Å²) >= 11 is 0. The van der Waals surface area contributed by atoms with Crippen LogP contribution in [0.15, 0.2) is 36.9 Å². The first kappa shape index (κ1) is 44.6. The third-order valence-electron chi connectivity index (χ3n) is 10.8. The van der Waals surface area contributed by atoms with Gasteiger partial charge in [-0.25, -0.2) is 14.1 Å². The van der Waals surface area contributed by atoms with Crippen molar-refractivity contribution in [3.8, 4) is 12.1 Å². The lowest BCUT2D eigenvalue weighted by Gasteiger charge is -2.29. The number of anilines is 1. The average Bonchev–Trinajstić information content (AvgIpc) is 3.45. The quantitative estimate of drug-likeness (QED) is 0.0474. The molecular weight excluding hydrogens is 753 g/mol. The summed E-state index contributed by atoms with van der Waals surface area (Å²) in [6.07, 6.45) is 18.9. The average molecular weight is 812 g/mol. The Hall–Kier alpha value is -3.54. The molecule has 17 heteroatoms. The summed E-state index contributed by atoms with van der Waals surface area (Å²) in [7, 11) is -4.87. The van der Waals surface area contributed by atoms with Crippen molar-refractivity contribution >= 4 is 19.2 Å². The van der Waals surface area contributed by atoms with E-state index in [0.717, 1.165) is 19.3 Å². The number of phosphoric ester groups is 1. The van der Waals surface area contributed by atoms with Gasteiger partial charge in [0, 0.05) is 19.0 Å². The summed E-state index contributed by atoms with van der Waals surface area (Å²) in [6, 6.07) is 8.58. The number of ether oxygens (including phenoxy) is 3. The van der Waals surface area contributed by atoms with Gasteiger partial charge in [-0.3, -0.25) is 14.0 Å². The first-order valence-electron chi connectivity index (χ1n) is 20.4. The van der Waals surface area contributed by atoms with Gasteiger partial charge in [0.2, 0.25) is 5.60 Å². The molecule has 3 aromatic heterocycles. The maximum absolute atomic E-state index is 13.1. The number of unbranched alkanes of at least 4 members (excludes halogenated alkanes) is 15. The van der Waals surface area contributed by atoms with Crippen LogP contribution in [-0.2, 0) is 40.0 Å². The number of hydrogen-bond donors (Lipinski definition) is 4. The van der Waals surface area contributed by atoms with E-state index in [2.05, 4.69) is 22.0 Å². The molecule has 0 aromatic carbocycles. The number of phosphoric acid groups is 1. The van der Waals surface area contributed by atoms with E-state index in [-0.39, 0.29) is 24.7 Å². The number of pyridine rings is 1. The minimum absolute atomic E-state index is 0.0290. The maximum Gasteiger partial charge on any atom is 0.472 e. The number of fused-ring (bicyclic) bond motifs is 2. The molecule has 16 nitrogen and oxygen atoms in total. The highest BCUT2D eigenvalue weighted by Crippen LogP contribution is 2.63. The summed E-state index contributed by atoms with van der Waals surface area (Å²) in [6.45, 7) is 2.38. The Morgan fingerprint density at radius 1 is 0.982 bits per heavy atom. The number of hydrogen-bond acceptors (Lipinski definition) is 14. The van der Waals surface area contributed by atoms with Crippen molar-refractivity contribution in [2.75, 3.05) is 25.6 Å². The minimum Gasteiger partial charge on any atom is -0.385 e. The van der Waals surface area contributed by atoms with Crippen LogP contribution in [0.1, 0.15) is 126 Å². The molecule has 57 heavy (non-hydrogen) atoms. The Morgan fingerprint density at radius 3 is 2.23 bits per heavy atom. The largest absolute Gasteiger partial charge is 0.472 e. The van der Waals surface area contributed by atoms with E-state index in [1.165, 1.54) is 113 Å². The SMILES string of the molecule is CCCCCCCCCCCCCCCCCCOC[C@H](COP(=O)(O)OC1[C@H]2O[C@@](C#N)(c3ccc4c(N)ncnn34)[C@H](O)[C@@]12O)OCc1cncc(C#N)c1. The van der Waals surface area contributed by atoms with Crippen molar-refractivity contribution in [3.05, 3.63) is 53.7 Å². The van der Waals surface area contributed by atoms with Crippen LogP contribution in [0.5, 0.6) is 0 Å². The van der Waals surface area contributed by atoms with Crippen molar-refractivity contribution in [3.63, 3.8) is 0 Å². The van der Waals surface area contributed by atoms with E-state index >= 15 is 0 Å². The highest BCUT2D eigenvalue weighted by molar-refractivity contribution is 7.47. The first-order valence-corrected chi connectivity index (χ1v) is 21.9. The Kier molecular flexibility index (Phi) is 16.8. The molecule has 1 aliphatic heterocycles. The van der Waals surface area contributed by atoms with E-state index in [1.807, 2.05) is 12.1 Å². The zero-order valence-electron chi connectivity index (χ0n) is 32.9. The molecule has 312 valence electrons. The highest BCUT2D eigenvalue weighted by atomic mass is 31.2. The molecule has 3 aromatic rings. The lowest BCUT2D eigenvalue weighted by atomic mass is 9.90. The normalized spacial score (nSPS) is 24.1. The van der Waals surface area contributed by atoms with Crippen molar-refractivity contribution < 1.29 is 42.9 Å². The van der Waals surface area contributed by atoms with Gasteiger partial charge in [-0.05, 0) is 30.2 Å². The van der Waals surface area contributed by atoms with E-state index in [1.54, 1.807) is 12.3 Å². The van der Waals surface area contributed by atoms with Gasteiger partial charge in [-0.2, -0.15) is 15.6 Å². The van der Waals surface area contributed by atoms with Crippen LogP contribution < -0.4 is 5.73 Å².